The molecule has 0 atom stereocenters. The molecule has 3 rings (SSSR count). The molecule has 0 bridgehead atoms. The van der Waals surface area contributed by atoms with Gasteiger partial charge in [0.25, 0.3) is 5.91 Å². The van der Waals surface area contributed by atoms with Crippen molar-refractivity contribution >= 4 is 12.0 Å². The molecular formula is C20H27N3O. The number of aryl methyl sites for hydroxylation is 1. The molecule has 0 aromatic carbocycles. The first kappa shape index (κ1) is 16.5. The first-order valence-electron chi connectivity index (χ1n) is 8.48. The number of allylic oxidation sites excluding steroid dienone is 5. The Kier molecular flexibility index (Phi) is 4.86. The summed E-state index contributed by atoms with van der Waals surface area (Å²) < 4.78 is 0. The van der Waals surface area contributed by atoms with Gasteiger partial charge in [0.1, 0.15) is 5.69 Å². The largest absolute Gasteiger partial charge is 0.354 e. The fourth-order valence-corrected chi connectivity index (χ4v) is 3.32. The van der Waals surface area contributed by atoms with E-state index in [1.54, 1.807) is 6.08 Å². The lowest BCUT2D eigenvalue weighted by Crippen LogP contribution is -2.47. The van der Waals surface area contributed by atoms with Gasteiger partial charge in [-0.05, 0) is 48.7 Å². The average molecular weight is 325 g/mol. The van der Waals surface area contributed by atoms with E-state index in [1.807, 2.05) is 23.1 Å². The molecule has 4 heteroatoms. The number of amides is 1. The SMILES string of the molecule is C=C/C=C(\C=C)C1=Cc2cc(C(=O)N3CCN(C)CC3)[nH]c2CC1.[HH]. The van der Waals surface area contributed by atoms with Gasteiger partial charge < -0.3 is 14.8 Å². The van der Waals surface area contributed by atoms with Crippen LogP contribution in [0.25, 0.3) is 6.08 Å². The number of carbonyl (C=O) groups is 1. The Labute approximate surface area is 145 Å². The van der Waals surface area contributed by atoms with E-state index in [4.69, 9.17) is 0 Å². The number of piperazine rings is 1. The van der Waals surface area contributed by atoms with Gasteiger partial charge in [-0.15, -0.1) is 0 Å². The van der Waals surface area contributed by atoms with Crippen molar-refractivity contribution in [3.63, 3.8) is 0 Å². The van der Waals surface area contributed by atoms with E-state index < -0.39 is 0 Å². The fourth-order valence-electron chi connectivity index (χ4n) is 3.32. The van der Waals surface area contributed by atoms with Gasteiger partial charge in [-0.2, -0.15) is 0 Å². The molecule has 1 amide bonds. The third-order valence-corrected chi connectivity index (χ3v) is 4.82. The van der Waals surface area contributed by atoms with Gasteiger partial charge >= 0.3 is 0 Å². The number of hydrogen-bond acceptors (Lipinski definition) is 2. The third kappa shape index (κ3) is 3.29. The second-order valence-corrected chi connectivity index (χ2v) is 6.44. The van der Waals surface area contributed by atoms with E-state index in [0.717, 1.165) is 55.9 Å². The highest BCUT2D eigenvalue weighted by Crippen LogP contribution is 2.29. The first-order chi connectivity index (χ1) is 11.6. The zero-order valence-corrected chi connectivity index (χ0v) is 14.3. The van der Waals surface area contributed by atoms with Crippen LogP contribution in [0.1, 0.15) is 29.6 Å². The summed E-state index contributed by atoms with van der Waals surface area (Å²) in [4.78, 5) is 20.2. The molecule has 1 aliphatic carbocycles. The summed E-state index contributed by atoms with van der Waals surface area (Å²) in [7, 11) is 2.09. The van der Waals surface area contributed by atoms with Crippen LogP contribution in [0.15, 0.2) is 48.6 Å². The van der Waals surface area contributed by atoms with Crippen LogP contribution in [0.3, 0.4) is 0 Å². The predicted molar refractivity (Wildman–Crippen MR) is 101 cm³/mol. The Morgan fingerprint density at radius 2 is 2.00 bits per heavy atom. The number of carbonyl (C=O) groups excluding carboxylic acids is 1. The van der Waals surface area contributed by atoms with Crippen LogP contribution < -0.4 is 0 Å². The minimum Gasteiger partial charge on any atom is -0.354 e. The number of aromatic amines is 1. The van der Waals surface area contributed by atoms with Gasteiger partial charge in [0, 0.05) is 33.3 Å². The van der Waals surface area contributed by atoms with Crippen LogP contribution in [-0.4, -0.2) is 53.9 Å². The zero-order chi connectivity index (χ0) is 17.1. The molecule has 2 aliphatic rings. The standard InChI is InChI=1S/C20H25N3O.H2/c1-4-6-15(5-2)16-7-8-18-17(13-16)14-19(21-18)20(24)23-11-9-22(3)10-12-23;/h4-6,13-14,21H,1-2,7-12H2,3H3;1H/b15-6+;. The molecule has 2 heterocycles. The quantitative estimate of drug-likeness (QED) is 0.863. The van der Waals surface area contributed by atoms with Crippen LogP contribution in [-0.2, 0) is 6.42 Å². The summed E-state index contributed by atoms with van der Waals surface area (Å²) >= 11 is 0. The Bertz CT molecular complexity index is 721. The number of hydrogen-bond donors (Lipinski definition) is 1. The minimum absolute atomic E-state index is 0. The number of aromatic nitrogens is 1. The molecule has 1 N–H and O–H groups in total. The minimum atomic E-state index is 0. The summed E-state index contributed by atoms with van der Waals surface area (Å²) in [5, 5.41) is 0. The van der Waals surface area contributed by atoms with Crippen LogP contribution >= 0.6 is 0 Å². The number of fused-ring (bicyclic) bond motifs is 1. The lowest BCUT2D eigenvalue weighted by Gasteiger charge is -2.32. The summed E-state index contributed by atoms with van der Waals surface area (Å²) in [5.41, 5.74) is 5.32. The molecule has 1 saturated heterocycles. The zero-order valence-electron chi connectivity index (χ0n) is 14.3. The van der Waals surface area contributed by atoms with E-state index in [9.17, 15) is 4.79 Å². The van der Waals surface area contributed by atoms with Crippen molar-refractivity contribution in [2.45, 2.75) is 12.8 Å². The number of nitrogens with one attached hydrogen (secondary N) is 1. The molecule has 0 unspecified atom stereocenters. The number of H-pyrrole nitrogens is 1. The van der Waals surface area contributed by atoms with Crippen molar-refractivity contribution in [1.82, 2.24) is 14.8 Å². The van der Waals surface area contributed by atoms with Gasteiger partial charge in [0.05, 0.1) is 0 Å². The summed E-state index contributed by atoms with van der Waals surface area (Å²) in [6.07, 6.45) is 9.65. The molecule has 0 radical (unpaired) electrons. The molecule has 1 aromatic rings. The van der Waals surface area contributed by atoms with Gasteiger partial charge in [-0.1, -0.05) is 31.4 Å². The Morgan fingerprint density at radius 1 is 1.25 bits per heavy atom. The molecule has 128 valence electrons. The van der Waals surface area contributed by atoms with Crippen LogP contribution in [0.2, 0.25) is 0 Å². The molecule has 0 saturated carbocycles. The Hall–Kier alpha value is -2.33. The summed E-state index contributed by atoms with van der Waals surface area (Å²) in [6.45, 7) is 11.1. The monoisotopic (exact) mass is 325 g/mol. The van der Waals surface area contributed by atoms with Crippen molar-refractivity contribution in [3.05, 3.63) is 65.5 Å². The molecule has 4 nitrogen and oxygen atoms in total. The van der Waals surface area contributed by atoms with Crippen molar-refractivity contribution in [3.8, 4) is 0 Å². The van der Waals surface area contributed by atoms with E-state index in [0.29, 0.717) is 5.69 Å². The van der Waals surface area contributed by atoms with E-state index in [2.05, 4.69) is 36.2 Å². The summed E-state index contributed by atoms with van der Waals surface area (Å²) in [5.74, 6) is 0.109. The van der Waals surface area contributed by atoms with Crippen molar-refractivity contribution in [2.75, 3.05) is 33.2 Å². The van der Waals surface area contributed by atoms with E-state index >= 15 is 0 Å². The van der Waals surface area contributed by atoms with Gasteiger partial charge in [0.15, 0.2) is 0 Å². The first-order valence-corrected chi connectivity index (χ1v) is 8.48. The number of nitrogens with zero attached hydrogens (tertiary/aromatic N) is 2. The number of likely N-dealkylation sites (N-methyl/N-ethyl adjacent to an activating group) is 1. The molecule has 24 heavy (non-hydrogen) atoms. The second-order valence-electron chi connectivity index (χ2n) is 6.44. The van der Waals surface area contributed by atoms with Gasteiger partial charge in [-0.25, -0.2) is 0 Å². The second kappa shape index (κ2) is 7.05. The lowest BCUT2D eigenvalue weighted by molar-refractivity contribution is 0.0659. The maximum Gasteiger partial charge on any atom is 0.270 e. The molecule has 0 spiro atoms. The highest BCUT2D eigenvalue weighted by atomic mass is 16.2. The normalized spacial score (nSPS) is 18.8. The predicted octanol–water partition coefficient (Wildman–Crippen LogP) is 3.28. The van der Waals surface area contributed by atoms with Crippen molar-refractivity contribution < 1.29 is 6.22 Å². The van der Waals surface area contributed by atoms with E-state index in [-0.39, 0.29) is 7.33 Å². The fraction of sp³-hybridized carbons (Fsp3) is 0.350. The molecule has 1 aromatic heterocycles. The maximum absolute atomic E-state index is 12.7. The van der Waals surface area contributed by atoms with Crippen molar-refractivity contribution in [2.24, 2.45) is 0 Å². The summed E-state index contributed by atoms with van der Waals surface area (Å²) in [6, 6.07) is 1.99. The highest BCUT2D eigenvalue weighted by molar-refractivity contribution is 5.93. The molecular weight excluding hydrogens is 298 g/mol. The van der Waals surface area contributed by atoms with Crippen molar-refractivity contribution in [1.29, 1.82) is 0 Å². The van der Waals surface area contributed by atoms with Crippen LogP contribution in [0.4, 0.5) is 0 Å². The lowest BCUT2D eigenvalue weighted by atomic mass is 9.92. The third-order valence-electron chi connectivity index (χ3n) is 4.82. The molecule has 1 fully saturated rings. The topological polar surface area (TPSA) is 39.3 Å². The highest BCUT2D eigenvalue weighted by Gasteiger charge is 2.23. The maximum atomic E-state index is 12.7. The average Bonchev–Trinajstić information content (AvgIpc) is 3.03. The van der Waals surface area contributed by atoms with Gasteiger partial charge in [-0.3, -0.25) is 4.79 Å². The Morgan fingerprint density at radius 3 is 2.67 bits per heavy atom. The van der Waals surface area contributed by atoms with Crippen LogP contribution in [0, 0.1) is 0 Å². The smallest absolute Gasteiger partial charge is 0.270 e. The Balaban J connectivity index is 0.00000225. The van der Waals surface area contributed by atoms with Crippen LogP contribution in [0.5, 0.6) is 0 Å². The van der Waals surface area contributed by atoms with E-state index in [1.165, 1.54) is 5.57 Å². The molecule has 1 aliphatic heterocycles. The van der Waals surface area contributed by atoms with Gasteiger partial charge in [0.2, 0.25) is 0 Å². The number of rotatable bonds is 4.